The van der Waals surface area contributed by atoms with Crippen molar-refractivity contribution >= 4 is 38.8 Å². The highest BCUT2D eigenvalue weighted by Crippen LogP contribution is 2.41. The number of fused-ring (bicyclic) bond motifs is 2. The second kappa shape index (κ2) is 12.8. The highest BCUT2D eigenvalue weighted by molar-refractivity contribution is 5.99. The third kappa shape index (κ3) is 5.63. The molecule has 0 aliphatic heterocycles. The van der Waals surface area contributed by atoms with E-state index in [-0.39, 0.29) is 0 Å². The summed E-state index contributed by atoms with van der Waals surface area (Å²) in [7, 11) is 0. The van der Waals surface area contributed by atoms with E-state index < -0.39 is 0 Å². The van der Waals surface area contributed by atoms with Crippen molar-refractivity contribution in [3.05, 3.63) is 200 Å². The van der Waals surface area contributed by atoms with Crippen LogP contribution in [0.3, 0.4) is 0 Å². The fraction of sp³-hybridized carbons (Fsp3) is 0. The Balaban J connectivity index is 1.04. The zero-order chi connectivity index (χ0) is 33.3. The molecule has 0 unspecified atom stereocenters. The predicted molar refractivity (Wildman–Crippen MR) is 210 cm³/mol. The highest BCUT2D eigenvalue weighted by atomic mass is 16.3. The molecule has 0 atom stereocenters. The summed E-state index contributed by atoms with van der Waals surface area (Å²) in [5, 5.41) is 3.54. The topological polar surface area (TPSA) is 16.4 Å². The highest BCUT2D eigenvalue weighted by Gasteiger charge is 2.16. The lowest BCUT2D eigenvalue weighted by Crippen LogP contribution is -2.10. The minimum Gasteiger partial charge on any atom is -0.456 e. The van der Waals surface area contributed by atoms with Crippen LogP contribution in [0.4, 0.5) is 17.1 Å². The van der Waals surface area contributed by atoms with E-state index in [1.165, 1.54) is 38.6 Å². The molecule has 9 rings (SSSR count). The molecule has 2 nitrogen and oxygen atoms in total. The van der Waals surface area contributed by atoms with Gasteiger partial charge < -0.3 is 9.32 Å². The number of hydrogen-bond acceptors (Lipinski definition) is 2. The van der Waals surface area contributed by atoms with Crippen molar-refractivity contribution < 1.29 is 4.42 Å². The summed E-state index contributed by atoms with van der Waals surface area (Å²) in [5.74, 6) is 0.883. The maximum absolute atomic E-state index is 6.15. The van der Waals surface area contributed by atoms with E-state index in [0.717, 1.165) is 44.9 Å². The Labute approximate surface area is 292 Å². The molecular formula is C48H33NO. The Morgan fingerprint density at radius 3 is 1.64 bits per heavy atom. The molecule has 0 aliphatic rings. The lowest BCUT2D eigenvalue weighted by atomic mass is 9.98. The van der Waals surface area contributed by atoms with Gasteiger partial charge in [-0.05, 0) is 87.3 Å². The summed E-state index contributed by atoms with van der Waals surface area (Å²) in [6.07, 6.45) is 0. The van der Waals surface area contributed by atoms with E-state index in [1.807, 2.05) is 18.2 Å². The smallest absolute Gasteiger partial charge is 0.135 e. The fourth-order valence-electron chi connectivity index (χ4n) is 6.92. The molecule has 8 aromatic carbocycles. The molecule has 0 fully saturated rings. The van der Waals surface area contributed by atoms with E-state index >= 15 is 0 Å². The van der Waals surface area contributed by atoms with E-state index in [9.17, 15) is 0 Å². The number of nitrogens with zero attached hydrogens (tertiary/aromatic N) is 1. The summed E-state index contributed by atoms with van der Waals surface area (Å²) in [5.41, 5.74) is 12.4. The Bertz CT molecular complexity index is 2540. The molecule has 0 amide bonds. The van der Waals surface area contributed by atoms with Gasteiger partial charge in [-0.2, -0.15) is 0 Å². The van der Waals surface area contributed by atoms with Crippen LogP contribution in [0.1, 0.15) is 0 Å². The molecule has 1 aromatic heterocycles. The molecular weight excluding hydrogens is 607 g/mol. The van der Waals surface area contributed by atoms with Gasteiger partial charge in [0.1, 0.15) is 11.3 Å². The minimum atomic E-state index is 0.883. The normalized spacial score (nSPS) is 11.2. The van der Waals surface area contributed by atoms with E-state index in [1.54, 1.807) is 0 Å². The number of furan rings is 1. The van der Waals surface area contributed by atoms with Crippen LogP contribution in [0.25, 0.3) is 66.4 Å². The molecule has 0 saturated carbocycles. The van der Waals surface area contributed by atoms with Crippen LogP contribution >= 0.6 is 0 Å². The number of hydrogen-bond donors (Lipinski definition) is 0. The molecule has 0 saturated heterocycles. The van der Waals surface area contributed by atoms with Gasteiger partial charge in [-0.1, -0.05) is 152 Å². The second-order valence-corrected chi connectivity index (χ2v) is 12.6. The van der Waals surface area contributed by atoms with Gasteiger partial charge in [0.05, 0.1) is 5.69 Å². The fourth-order valence-corrected chi connectivity index (χ4v) is 6.92. The van der Waals surface area contributed by atoms with Crippen molar-refractivity contribution in [3.63, 3.8) is 0 Å². The number of rotatable bonds is 7. The predicted octanol–water partition coefficient (Wildman–Crippen LogP) is 13.7. The van der Waals surface area contributed by atoms with Crippen LogP contribution in [-0.2, 0) is 0 Å². The minimum absolute atomic E-state index is 0.883. The zero-order valence-corrected chi connectivity index (χ0v) is 27.4. The third-order valence-corrected chi connectivity index (χ3v) is 9.47. The lowest BCUT2D eigenvalue weighted by molar-refractivity contribution is 0.631. The van der Waals surface area contributed by atoms with Crippen LogP contribution in [0.15, 0.2) is 205 Å². The summed E-state index contributed by atoms with van der Waals surface area (Å²) in [4.78, 5) is 2.37. The molecule has 0 aliphatic carbocycles. The van der Waals surface area contributed by atoms with Gasteiger partial charge in [-0.3, -0.25) is 0 Å². The van der Waals surface area contributed by atoms with Crippen LogP contribution in [-0.4, -0.2) is 0 Å². The Hall–Kier alpha value is -6.64. The van der Waals surface area contributed by atoms with Crippen molar-refractivity contribution in [1.82, 2.24) is 0 Å². The molecule has 50 heavy (non-hydrogen) atoms. The van der Waals surface area contributed by atoms with Crippen molar-refractivity contribution in [2.75, 3.05) is 4.90 Å². The van der Waals surface area contributed by atoms with Gasteiger partial charge in [0, 0.05) is 27.7 Å². The first-order valence-corrected chi connectivity index (χ1v) is 17.0. The maximum atomic E-state index is 6.15. The third-order valence-electron chi connectivity index (χ3n) is 9.47. The molecule has 1 heterocycles. The van der Waals surface area contributed by atoms with E-state index in [2.05, 4.69) is 187 Å². The molecule has 9 aromatic rings. The van der Waals surface area contributed by atoms with Crippen LogP contribution < -0.4 is 4.90 Å². The van der Waals surface area contributed by atoms with Crippen molar-refractivity contribution in [1.29, 1.82) is 0 Å². The first-order chi connectivity index (χ1) is 24.8. The van der Waals surface area contributed by atoms with Gasteiger partial charge in [0.15, 0.2) is 0 Å². The standard InChI is InChI=1S/C48H33NO/c1-2-11-34(12-3-1)40-17-9-19-44(32-40)49(46-21-10-15-38-13-4-6-20-45(38)46)43-29-27-36(28-30-43)35-23-25-37(26-24-35)39-16-8-18-41(31-39)48-33-42-14-5-7-22-47(42)50-48/h1-33H. The number of benzene rings is 8. The van der Waals surface area contributed by atoms with Crippen molar-refractivity contribution in [2.45, 2.75) is 0 Å². The molecule has 0 N–H and O–H groups in total. The monoisotopic (exact) mass is 639 g/mol. The van der Waals surface area contributed by atoms with Crippen molar-refractivity contribution in [3.8, 4) is 44.7 Å². The lowest BCUT2D eigenvalue weighted by Gasteiger charge is -2.27. The van der Waals surface area contributed by atoms with Crippen molar-refractivity contribution in [2.24, 2.45) is 0 Å². The van der Waals surface area contributed by atoms with Gasteiger partial charge in [0.2, 0.25) is 0 Å². The quantitative estimate of drug-likeness (QED) is 0.173. The van der Waals surface area contributed by atoms with E-state index in [4.69, 9.17) is 4.42 Å². The van der Waals surface area contributed by atoms with Gasteiger partial charge in [0.25, 0.3) is 0 Å². The first-order valence-electron chi connectivity index (χ1n) is 17.0. The zero-order valence-electron chi connectivity index (χ0n) is 27.4. The first kappa shape index (κ1) is 29.5. The molecule has 0 spiro atoms. The van der Waals surface area contributed by atoms with Gasteiger partial charge in [-0.25, -0.2) is 0 Å². The molecule has 0 radical (unpaired) electrons. The van der Waals surface area contributed by atoms with Crippen LogP contribution in [0, 0.1) is 0 Å². The second-order valence-electron chi connectivity index (χ2n) is 12.6. The molecule has 0 bridgehead atoms. The van der Waals surface area contributed by atoms with Crippen LogP contribution in [0.5, 0.6) is 0 Å². The average Bonchev–Trinajstić information content (AvgIpc) is 3.64. The molecule has 2 heteroatoms. The summed E-state index contributed by atoms with van der Waals surface area (Å²) in [6, 6.07) is 71.1. The van der Waals surface area contributed by atoms with Gasteiger partial charge >= 0.3 is 0 Å². The Morgan fingerprint density at radius 2 is 0.860 bits per heavy atom. The SMILES string of the molecule is c1ccc(-c2cccc(N(c3ccc(-c4ccc(-c5cccc(-c6cc7ccccc7o6)c5)cc4)cc3)c3cccc4ccccc34)c2)cc1. The molecule has 236 valence electrons. The summed E-state index contributed by atoms with van der Waals surface area (Å²) >= 11 is 0. The van der Waals surface area contributed by atoms with E-state index in [0.29, 0.717) is 0 Å². The Kier molecular flexibility index (Phi) is 7.53. The van der Waals surface area contributed by atoms with Gasteiger partial charge in [-0.15, -0.1) is 0 Å². The average molecular weight is 640 g/mol. The largest absolute Gasteiger partial charge is 0.456 e. The maximum Gasteiger partial charge on any atom is 0.135 e. The van der Waals surface area contributed by atoms with Crippen LogP contribution in [0.2, 0.25) is 0 Å². The summed E-state index contributed by atoms with van der Waals surface area (Å²) < 4.78 is 6.15. The number of para-hydroxylation sites is 1. The number of anilines is 3. The summed E-state index contributed by atoms with van der Waals surface area (Å²) in [6.45, 7) is 0. The Morgan fingerprint density at radius 1 is 0.320 bits per heavy atom.